The maximum Gasteiger partial charge on any atom is 0.327 e. The fourth-order valence-corrected chi connectivity index (χ4v) is 7.87. The van der Waals surface area contributed by atoms with E-state index < -0.39 is 114 Å². The number of aliphatic carboxylic acids is 2. The van der Waals surface area contributed by atoms with Gasteiger partial charge in [-0.15, -0.1) is 12.6 Å². The highest BCUT2D eigenvalue weighted by atomic mass is 32.1. The highest BCUT2D eigenvalue weighted by molar-refractivity contribution is 7.83. The molecule has 0 aliphatic carbocycles. The number of nitrogens with zero attached hydrogens (tertiary/aromatic N) is 2. The molecule has 1 aromatic carbocycles. The molecule has 0 bridgehead atoms. The van der Waals surface area contributed by atoms with E-state index in [1.807, 2.05) is 43.3 Å². The monoisotopic (exact) mass is 1030 g/mol. The van der Waals surface area contributed by atoms with Crippen molar-refractivity contribution in [2.75, 3.05) is 20.7 Å². The van der Waals surface area contributed by atoms with Crippen molar-refractivity contribution in [2.24, 2.45) is 40.1 Å². The number of amides is 7. The summed E-state index contributed by atoms with van der Waals surface area (Å²) in [6, 6.07) is 0.954. The number of nitrogens with one attached hydrogen (secondary N) is 6. The molecule has 12 N–H and O–H groups in total. The molecule has 7 amide bonds. The Morgan fingerprint density at radius 2 is 1.46 bits per heavy atom. The van der Waals surface area contributed by atoms with E-state index >= 15 is 0 Å². The van der Waals surface area contributed by atoms with Crippen molar-refractivity contribution < 1.29 is 58.1 Å². The number of thiol groups is 1. The molecule has 0 saturated carbocycles. The fraction of sp³-hybridized carbons (Fsp3) is 0.551. The van der Waals surface area contributed by atoms with Crippen molar-refractivity contribution in [2.45, 2.75) is 129 Å². The Morgan fingerprint density at radius 3 is 2.03 bits per heavy atom. The first kappa shape index (κ1) is 61.4. The number of allylic oxidation sites excluding steroid dienone is 2. The summed E-state index contributed by atoms with van der Waals surface area (Å²) in [5.41, 5.74) is 12.5. The molecule has 0 spiro atoms. The van der Waals surface area contributed by atoms with Gasteiger partial charge in [0.15, 0.2) is 5.96 Å². The lowest BCUT2D eigenvalue weighted by atomic mass is 9.94. The van der Waals surface area contributed by atoms with Gasteiger partial charge in [-0.2, -0.15) is 0 Å². The minimum Gasteiger partial charge on any atom is -0.480 e. The summed E-state index contributed by atoms with van der Waals surface area (Å²) in [4.78, 5) is 127. The van der Waals surface area contributed by atoms with E-state index in [-0.39, 0.29) is 55.4 Å². The van der Waals surface area contributed by atoms with Crippen LogP contribution in [0.15, 0.2) is 70.2 Å². The summed E-state index contributed by atoms with van der Waals surface area (Å²) in [6.45, 7) is 11.2. The third-order valence-corrected chi connectivity index (χ3v) is 12.3. The van der Waals surface area contributed by atoms with Crippen molar-refractivity contribution in [1.29, 1.82) is 0 Å². The summed E-state index contributed by atoms with van der Waals surface area (Å²) in [7, 11) is 2.84. The lowest BCUT2D eigenvalue weighted by Crippen LogP contribution is -2.59. The molecule has 1 aliphatic rings. The molecule has 398 valence electrons. The highest BCUT2D eigenvalue weighted by Gasteiger charge is 2.37. The first-order valence-electron chi connectivity index (χ1n) is 23.7. The van der Waals surface area contributed by atoms with Crippen LogP contribution in [-0.4, -0.2) is 137 Å². The molecular weight excluding hydrogens is 953 g/mol. The molecule has 0 unspecified atom stereocenters. The Morgan fingerprint density at radius 1 is 0.847 bits per heavy atom. The third kappa shape index (κ3) is 20.2. The summed E-state index contributed by atoms with van der Waals surface area (Å²) in [5, 5.41) is 36.6. The number of aliphatic imine (C=N–C) groups is 1. The van der Waals surface area contributed by atoms with Crippen molar-refractivity contribution in [3.05, 3.63) is 70.8 Å². The highest BCUT2D eigenvalue weighted by Crippen LogP contribution is 2.19. The molecule has 1 fully saturated rings. The van der Waals surface area contributed by atoms with Crippen LogP contribution in [-0.2, 0) is 54.3 Å². The van der Waals surface area contributed by atoms with Gasteiger partial charge in [0.1, 0.15) is 35.9 Å². The van der Waals surface area contributed by atoms with Gasteiger partial charge < -0.3 is 63.2 Å². The predicted molar refractivity (Wildman–Crippen MR) is 272 cm³/mol. The van der Waals surface area contributed by atoms with Gasteiger partial charge in [-0.1, -0.05) is 88.8 Å². The fourth-order valence-electron chi connectivity index (χ4n) is 7.58. The largest absolute Gasteiger partial charge is 0.480 e. The minimum atomic E-state index is -1.89. The molecule has 72 heavy (non-hydrogen) atoms. The molecule has 0 aromatic heterocycles. The first-order valence-corrected chi connectivity index (χ1v) is 24.2. The SMILES string of the molecule is CO[C@@H](Cc1ccccc1)[C@@H](C)/C=C(C)/C=C/[C@@H]1NC(=O)[C@H](CCCN=C(N)N)NC(=O)[C@@H](C)[C@H](C(=O)O)NC(=O)[C@H](CC(C)C)NC(=O)[C@@H](C)NC(=O)/C(=C\S)N(C)C(=O)CC[C@H](C(=O)O)NC(=O)[C@H]1C. The number of ether oxygens (including phenoxy) is 1. The Hall–Kier alpha value is -6.75. The average Bonchev–Trinajstić information content (AvgIpc) is 3.31. The van der Waals surface area contributed by atoms with E-state index in [4.69, 9.17) is 16.2 Å². The summed E-state index contributed by atoms with van der Waals surface area (Å²) < 4.78 is 5.82. The molecule has 10 atom stereocenters. The number of benzene rings is 1. The van der Waals surface area contributed by atoms with Crippen LogP contribution in [0.25, 0.3) is 0 Å². The average molecular weight is 1030 g/mol. The number of likely N-dealkylation sites (N-methyl/N-ethyl adjacent to an activating group) is 1. The number of hydrogen-bond donors (Lipinski definition) is 11. The van der Waals surface area contributed by atoms with Crippen LogP contribution in [0.3, 0.4) is 0 Å². The van der Waals surface area contributed by atoms with Crippen molar-refractivity contribution >= 4 is 71.9 Å². The van der Waals surface area contributed by atoms with E-state index in [0.717, 1.165) is 15.9 Å². The van der Waals surface area contributed by atoms with Crippen molar-refractivity contribution in [3.8, 4) is 0 Å². The number of hydrogen-bond acceptors (Lipinski definition) is 12. The lowest BCUT2D eigenvalue weighted by Gasteiger charge is -2.28. The maximum atomic E-state index is 14.4. The van der Waals surface area contributed by atoms with Crippen molar-refractivity contribution in [3.63, 3.8) is 0 Å². The molecule has 2 rings (SSSR count). The normalized spacial score (nSPS) is 25.7. The quantitative estimate of drug-likeness (QED) is 0.0290. The number of carbonyl (C=O) groups is 9. The Balaban J connectivity index is 2.75. The smallest absolute Gasteiger partial charge is 0.327 e. The Labute approximate surface area is 426 Å². The second-order valence-corrected chi connectivity index (χ2v) is 18.6. The number of carboxylic acids is 2. The van der Waals surface area contributed by atoms with Gasteiger partial charge in [0.25, 0.3) is 5.91 Å². The zero-order valence-corrected chi connectivity index (χ0v) is 43.4. The van der Waals surface area contributed by atoms with Gasteiger partial charge in [-0.05, 0) is 62.8 Å². The van der Waals surface area contributed by atoms with Gasteiger partial charge in [-0.3, -0.25) is 38.6 Å². The number of nitrogens with two attached hydrogens (primary N) is 2. The molecular formula is C49H74N10O12S. The maximum absolute atomic E-state index is 14.4. The molecule has 1 aliphatic heterocycles. The van der Waals surface area contributed by atoms with E-state index in [1.165, 1.54) is 33.9 Å². The van der Waals surface area contributed by atoms with Crippen LogP contribution < -0.4 is 43.4 Å². The zero-order chi connectivity index (χ0) is 54.4. The standard InChI is InChI=1S/C49H74N10O12S/c1-26(2)22-36-45(65)58-40(48(69)70)30(6)42(62)55-34(16-13-21-52-49(50)51)44(64)54-33(18-17-27(3)23-28(4)38(71-9)24-32-14-11-10-12-15-32)29(5)41(61)56-35(47(67)68)19-20-39(60)59(8)37(25-72)46(66)53-31(7)43(63)57-36/h10-12,14-15,17-18,23,25-26,28-31,33-36,38,40,72H,13,16,19-22,24H2,1-9H3,(H,53,66)(H,54,64)(H,55,62)(H,56,61)(H,57,63)(H,58,65)(H,67,68)(H,69,70)(H4,50,51,52)/b18-17+,27-23+,37-25+/t28-,29-,30-,31+,33-,34-,35+,36-,38-,40+/m0/s1. The number of methoxy groups -OCH3 is 1. The molecule has 0 radical (unpaired) electrons. The second-order valence-electron chi connectivity index (χ2n) is 18.3. The van der Waals surface area contributed by atoms with Gasteiger partial charge in [0.2, 0.25) is 35.4 Å². The number of carbonyl (C=O) groups excluding carboxylic acids is 7. The van der Waals surface area contributed by atoms with E-state index in [1.54, 1.807) is 34.0 Å². The number of guanidine groups is 1. The van der Waals surface area contributed by atoms with Crippen LogP contribution in [0, 0.1) is 23.7 Å². The van der Waals surface area contributed by atoms with Gasteiger partial charge in [0, 0.05) is 33.0 Å². The van der Waals surface area contributed by atoms with Crippen LogP contribution in [0.2, 0.25) is 0 Å². The van der Waals surface area contributed by atoms with Crippen LogP contribution >= 0.6 is 12.6 Å². The molecule has 22 nitrogen and oxygen atoms in total. The summed E-state index contributed by atoms with van der Waals surface area (Å²) in [6.07, 6.45) is 4.61. The number of carboxylic acid groups (broad SMARTS) is 2. The van der Waals surface area contributed by atoms with E-state index in [2.05, 4.69) is 49.5 Å². The molecule has 23 heteroatoms. The van der Waals surface area contributed by atoms with E-state index in [9.17, 15) is 53.4 Å². The lowest BCUT2D eigenvalue weighted by molar-refractivity contribution is -0.146. The van der Waals surface area contributed by atoms with Gasteiger partial charge in [-0.25, -0.2) is 9.59 Å². The Kier molecular flexibility index (Phi) is 25.7. The van der Waals surface area contributed by atoms with Crippen molar-refractivity contribution in [1.82, 2.24) is 36.8 Å². The van der Waals surface area contributed by atoms with Crippen LogP contribution in [0.4, 0.5) is 0 Å². The summed E-state index contributed by atoms with van der Waals surface area (Å²) in [5.74, 6) is -12.6. The first-order chi connectivity index (χ1) is 33.8. The zero-order valence-electron chi connectivity index (χ0n) is 42.5. The number of rotatable bonds is 15. The van der Waals surface area contributed by atoms with Crippen LogP contribution in [0.1, 0.15) is 86.1 Å². The molecule has 1 aromatic rings. The van der Waals surface area contributed by atoms with E-state index in [0.29, 0.717) is 12.0 Å². The third-order valence-electron chi connectivity index (χ3n) is 12.0. The second kappa shape index (κ2) is 30.2. The Bertz CT molecular complexity index is 2200. The van der Waals surface area contributed by atoms with Crippen LogP contribution in [0.5, 0.6) is 0 Å². The minimum absolute atomic E-state index is 0.00123. The predicted octanol–water partition coefficient (Wildman–Crippen LogP) is 0.876. The van der Waals surface area contributed by atoms with Gasteiger partial charge >= 0.3 is 11.9 Å². The summed E-state index contributed by atoms with van der Waals surface area (Å²) >= 11 is 4.07. The topological polar surface area (TPSA) is 343 Å². The van der Waals surface area contributed by atoms with Gasteiger partial charge in [0.05, 0.1) is 24.0 Å². The molecule has 1 saturated heterocycles. The molecule has 1 heterocycles.